The Balaban J connectivity index is 1.70. The van der Waals surface area contributed by atoms with E-state index >= 15 is 0 Å². The number of nitrogens with zero attached hydrogens (tertiary/aromatic N) is 2. The molecule has 0 aliphatic carbocycles. The van der Waals surface area contributed by atoms with Crippen LogP contribution in [0.4, 0.5) is 5.69 Å². The number of aromatic nitrogens is 1. The summed E-state index contributed by atoms with van der Waals surface area (Å²) in [5.74, 6) is 0.0155. The SMILES string of the molecule is O=C(Nc1ccccc1Cl)[C@@H]1CCCCN1Cc1cccnc1. The number of carbonyl (C=O) groups excluding carboxylic acids is 1. The number of halogens is 1. The average molecular weight is 330 g/mol. The smallest absolute Gasteiger partial charge is 0.241 e. The molecule has 1 aliphatic heterocycles. The van der Waals surface area contributed by atoms with E-state index in [0.717, 1.165) is 37.9 Å². The van der Waals surface area contributed by atoms with Gasteiger partial charge in [0.25, 0.3) is 0 Å². The molecule has 0 unspecified atom stereocenters. The van der Waals surface area contributed by atoms with Gasteiger partial charge in [-0.25, -0.2) is 0 Å². The van der Waals surface area contributed by atoms with Gasteiger partial charge in [-0.15, -0.1) is 0 Å². The van der Waals surface area contributed by atoms with Crippen LogP contribution in [0.3, 0.4) is 0 Å². The van der Waals surface area contributed by atoms with Gasteiger partial charge in [0, 0.05) is 18.9 Å². The maximum Gasteiger partial charge on any atom is 0.241 e. The Morgan fingerprint density at radius 1 is 1.26 bits per heavy atom. The van der Waals surface area contributed by atoms with Crippen molar-refractivity contribution < 1.29 is 4.79 Å². The number of para-hydroxylation sites is 1. The van der Waals surface area contributed by atoms with Gasteiger partial charge in [0.05, 0.1) is 16.8 Å². The Morgan fingerprint density at radius 3 is 2.91 bits per heavy atom. The van der Waals surface area contributed by atoms with E-state index in [9.17, 15) is 4.79 Å². The molecule has 5 heteroatoms. The molecule has 1 fully saturated rings. The van der Waals surface area contributed by atoms with Crippen LogP contribution < -0.4 is 5.32 Å². The Labute approximate surface area is 141 Å². The maximum atomic E-state index is 12.7. The van der Waals surface area contributed by atoms with Gasteiger partial charge in [-0.2, -0.15) is 0 Å². The molecule has 0 bridgehead atoms. The number of amides is 1. The lowest BCUT2D eigenvalue weighted by molar-refractivity contribution is -0.122. The van der Waals surface area contributed by atoms with Crippen LogP contribution in [-0.2, 0) is 11.3 Å². The molecular formula is C18H20ClN3O. The van der Waals surface area contributed by atoms with Crippen molar-refractivity contribution in [2.45, 2.75) is 31.8 Å². The predicted molar refractivity (Wildman–Crippen MR) is 92.4 cm³/mol. The summed E-state index contributed by atoms with van der Waals surface area (Å²) in [6, 6.07) is 11.2. The molecule has 1 aromatic carbocycles. The number of anilines is 1. The van der Waals surface area contributed by atoms with Crippen LogP contribution in [0.25, 0.3) is 0 Å². The van der Waals surface area contributed by atoms with Gasteiger partial charge in [0.15, 0.2) is 0 Å². The highest BCUT2D eigenvalue weighted by molar-refractivity contribution is 6.33. The largest absolute Gasteiger partial charge is 0.323 e. The van der Waals surface area contributed by atoms with Gasteiger partial charge in [0.1, 0.15) is 0 Å². The first-order valence-corrected chi connectivity index (χ1v) is 8.30. The molecule has 2 heterocycles. The lowest BCUT2D eigenvalue weighted by atomic mass is 10.0. The fourth-order valence-electron chi connectivity index (χ4n) is 2.98. The van der Waals surface area contributed by atoms with Crippen LogP contribution in [0.2, 0.25) is 5.02 Å². The monoisotopic (exact) mass is 329 g/mol. The number of rotatable bonds is 4. The van der Waals surface area contributed by atoms with E-state index < -0.39 is 0 Å². The summed E-state index contributed by atoms with van der Waals surface area (Å²) in [6.07, 6.45) is 6.69. The Bertz CT molecular complexity index is 662. The number of hydrogen-bond donors (Lipinski definition) is 1. The van der Waals surface area contributed by atoms with E-state index in [1.165, 1.54) is 0 Å². The van der Waals surface area contributed by atoms with E-state index in [4.69, 9.17) is 11.6 Å². The second-order valence-corrected chi connectivity index (χ2v) is 6.22. The molecule has 1 amide bonds. The zero-order chi connectivity index (χ0) is 16.1. The second-order valence-electron chi connectivity index (χ2n) is 5.81. The number of carbonyl (C=O) groups is 1. The standard InChI is InChI=1S/C18H20ClN3O/c19-15-7-1-2-8-16(15)21-18(23)17-9-3-4-11-22(17)13-14-6-5-10-20-12-14/h1-2,5-8,10,12,17H,3-4,9,11,13H2,(H,21,23)/t17-/m0/s1. The van der Waals surface area contributed by atoms with Crippen LogP contribution in [0.1, 0.15) is 24.8 Å². The molecule has 1 saturated heterocycles. The molecule has 120 valence electrons. The average Bonchev–Trinajstić information content (AvgIpc) is 2.58. The summed E-state index contributed by atoms with van der Waals surface area (Å²) in [7, 11) is 0. The highest BCUT2D eigenvalue weighted by Gasteiger charge is 2.29. The number of pyridine rings is 1. The minimum absolute atomic E-state index is 0.0155. The van der Waals surface area contributed by atoms with Crippen molar-refractivity contribution in [3.63, 3.8) is 0 Å². The molecule has 4 nitrogen and oxygen atoms in total. The highest BCUT2D eigenvalue weighted by atomic mass is 35.5. The fraction of sp³-hybridized carbons (Fsp3) is 0.333. The van der Waals surface area contributed by atoms with Gasteiger partial charge in [-0.1, -0.05) is 36.2 Å². The topological polar surface area (TPSA) is 45.2 Å². The lowest BCUT2D eigenvalue weighted by Gasteiger charge is -2.34. The van der Waals surface area contributed by atoms with Crippen molar-refractivity contribution in [1.82, 2.24) is 9.88 Å². The van der Waals surface area contributed by atoms with Gasteiger partial charge < -0.3 is 5.32 Å². The zero-order valence-electron chi connectivity index (χ0n) is 12.9. The molecule has 1 N–H and O–H groups in total. The normalized spacial score (nSPS) is 18.6. The van der Waals surface area contributed by atoms with E-state index in [0.29, 0.717) is 10.7 Å². The van der Waals surface area contributed by atoms with Gasteiger partial charge in [0.2, 0.25) is 5.91 Å². The lowest BCUT2D eigenvalue weighted by Crippen LogP contribution is -2.46. The molecule has 0 spiro atoms. The summed E-state index contributed by atoms with van der Waals surface area (Å²) >= 11 is 6.14. The van der Waals surface area contributed by atoms with Crippen LogP contribution in [0.15, 0.2) is 48.8 Å². The third-order valence-electron chi connectivity index (χ3n) is 4.16. The number of benzene rings is 1. The summed E-state index contributed by atoms with van der Waals surface area (Å²) in [5, 5.41) is 3.53. The molecule has 1 atom stereocenters. The van der Waals surface area contributed by atoms with Crippen LogP contribution in [0.5, 0.6) is 0 Å². The van der Waals surface area contributed by atoms with Gasteiger partial charge in [-0.3, -0.25) is 14.7 Å². The first-order chi connectivity index (χ1) is 11.2. The quantitative estimate of drug-likeness (QED) is 0.929. The number of nitrogens with one attached hydrogen (secondary N) is 1. The molecular weight excluding hydrogens is 310 g/mol. The van der Waals surface area contributed by atoms with E-state index in [-0.39, 0.29) is 11.9 Å². The van der Waals surface area contributed by atoms with Crippen LogP contribution in [0, 0.1) is 0 Å². The van der Waals surface area contributed by atoms with Crippen molar-refractivity contribution in [1.29, 1.82) is 0 Å². The van der Waals surface area contributed by atoms with Gasteiger partial charge in [-0.05, 0) is 43.1 Å². The van der Waals surface area contributed by atoms with Crippen LogP contribution >= 0.6 is 11.6 Å². The molecule has 0 saturated carbocycles. The molecule has 1 aliphatic rings. The molecule has 1 aromatic heterocycles. The summed E-state index contributed by atoms with van der Waals surface area (Å²) in [6.45, 7) is 1.67. The predicted octanol–water partition coefficient (Wildman–Crippen LogP) is 3.73. The molecule has 3 rings (SSSR count). The Kier molecular flexibility index (Phi) is 5.26. The fourth-order valence-corrected chi connectivity index (χ4v) is 3.16. The Hall–Kier alpha value is -1.91. The summed E-state index contributed by atoms with van der Waals surface area (Å²) in [5.41, 5.74) is 1.80. The number of likely N-dealkylation sites (tertiary alicyclic amines) is 1. The summed E-state index contributed by atoms with van der Waals surface area (Å²) in [4.78, 5) is 19.1. The number of piperidine rings is 1. The minimum Gasteiger partial charge on any atom is -0.323 e. The zero-order valence-corrected chi connectivity index (χ0v) is 13.7. The van der Waals surface area contributed by atoms with Crippen molar-refractivity contribution in [3.05, 3.63) is 59.4 Å². The van der Waals surface area contributed by atoms with Crippen molar-refractivity contribution in [2.75, 3.05) is 11.9 Å². The Morgan fingerprint density at radius 2 is 2.13 bits per heavy atom. The van der Waals surface area contributed by atoms with Crippen molar-refractivity contribution >= 4 is 23.2 Å². The third kappa shape index (κ3) is 4.09. The van der Waals surface area contributed by atoms with E-state index in [1.807, 2.05) is 36.5 Å². The van der Waals surface area contributed by atoms with Crippen molar-refractivity contribution in [3.8, 4) is 0 Å². The first kappa shape index (κ1) is 16.0. The highest BCUT2D eigenvalue weighted by Crippen LogP contribution is 2.24. The second kappa shape index (κ2) is 7.57. The van der Waals surface area contributed by atoms with E-state index in [1.54, 1.807) is 12.3 Å². The summed E-state index contributed by atoms with van der Waals surface area (Å²) < 4.78 is 0. The molecule has 2 aromatic rings. The third-order valence-corrected chi connectivity index (χ3v) is 4.49. The number of hydrogen-bond acceptors (Lipinski definition) is 3. The van der Waals surface area contributed by atoms with Gasteiger partial charge >= 0.3 is 0 Å². The molecule has 0 radical (unpaired) electrons. The van der Waals surface area contributed by atoms with Crippen molar-refractivity contribution in [2.24, 2.45) is 0 Å². The minimum atomic E-state index is -0.125. The first-order valence-electron chi connectivity index (χ1n) is 7.92. The molecule has 23 heavy (non-hydrogen) atoms. The van der Waals surface area contributed by atoms with E-state index in [2.05, 4.69) is 15.2 Å². The maximum absolute atomic E-state index is 12.7. The van der Waals surface area contributed by atoms with Crippen LogP contribution in [-0.4, -0.2) is 28.4 Å².